The number of hydrogen-bond acceptors (Lipinski definition) is 3. The number of benzene rings is 2. The number of aromatic nitrogens is 3. The van der Waals surface area contributed by atoms with Gasteiger partial charge in [0, 0.05) is 16.6 Å². The third-order valence-corrected chi connectivity index (χ3v) is 4.76. The van der Waals surface area contributed by atoms with Crippen LogP contribution in [0.3, 0.4) is 0 Å². The number of para-hydroxylation sites is 1. The van der Waals surface area contributed by atoms with Crippen LogP contribution in [0.2, 0.25) is 0 Å². The highest BCUT2D eigenvalue weighted by Gasteiger charge is 2.31. The Balaban J connectivity index is 1.96. The fourth-order valence-corrected chi connectivity index (χ4v) is 3.74. The number of fused-ring (bicyclic) bond motifs is 5. The van der Waals surface area contributed by atoms with Crippen LogP contribution in [0.25, 0.3) is 17.1 Å². The van der Waals surface area contributed by atoms with Crippen molar-refractivity contribution in [2.24, 2.45) is 0 Å². The highest BCUT2D eigenvalue weighted by Crippen LogP contribution is 2.46. The summed E-state index contributed by atoms with van der Waals surface area (Å²) >= 11 is 3.57. The summed E-state index contributed by atoms with van der Waals surface area (Å²) < 4.78 is 3.14. The highest BCUT2D eigenvalue weighted by atomic mass is 79.9. The standard InChI is InChI=1S/C16H11BrN4/c17-11-4-5-13-14(8-11)21-9-18-19-16(21)12-3-1-2-10-6-7-20(13)15(10)12/h1-5,8-9H,6-7H2. The van der Waals surface area contributed by atoms with Gasteiger partial charge in [-0.1, -0.05) is 28.1 Å². The van der Waals surface area contributed by atoms with Crippen molar-refractivity contribution < 1.29 is 0 Å². The van der Waals surface area contributed by atoms with E-state index in [-0.39, 0.29) is 0 Å². The minimum atomic E-state index is 0.913. The summed E-state index contributed by atoms with van der Waals surface area (Å²) in [6, 6.07) is 12.9. The van der Waals surface area contributed by atoms with Crippen molar-refractivity contribution in [3.8, 4) is 17.1 Å². The Morgan fingerprint density at radius 3 is 3.00 bits per heavy atom. The second-order valence-corrected chi connectivity index (χ2v) is 6.29. The van der Waals surface area contributed by atoms with Crippen molar-refractivity contribution >= 4 is 27.3 Å². The number of halogens is 1. The van der Waals surface area contributed by atoms with Crippen LogP contribution in [0.15, 0.2) is 47.2 Å². The Kier molecular flexibility index (Phi) is 2.16. The first-order valence-electron chi connectivity index (χ1n) is 6.93. The van der Waals surface area contributed by atoms with Gasteiger partial charge in [-0.3, -0.25) is 4.57 Å². The Morgan fingerprint density at radius 2 is 2.05 bits per heavy atom. The van der Waals surface area contributed by atoms with Crippen molar-refractivity contribution in [1.29, 1.82) is 0 Å². The second-order valence-electron chi connectivity index (χ2n) is 5.37. The fourth-order valence-electron chi connectivity index (χ4n) is 3.39. The van der Waals surface area contributed by atoms with Crippen LogP contribution in [-0.2, 0) is 6.42 Å². The summed E-state index contributed by atoms with van der Waals surface area (Å²) in [4.78, 5) is 2.40. The molecule has 5 rings (SSSR count). The summed E-state index contributed by atoms with van der Waals surface area (Å²) in [5.74, 6) is 0.913. The van der Waals surface area contributed by atoms with Crippen molar-refractivity contribution in [2.45, 2.75) is 6.42 Å². The summed E-state index contributed by atoms with van der Waals surface area (Å²) in [5, 5.41) is 8.49. The second kappa shape index (κ2) is 3.95. The molecular formula is C16H11BrN4. The summed E-state index contributed by atoms with van der Waals surface area (Å²) in [6.07, 6.45) is 2.87. The largest absolute Gasteiger partial charge is 0.339 e. The van der Waals surface area contributed by atoms with Crippen LogP contribution in [-0.4, -0.2) is 21.3 Å². The molecule has 102 valence electrons. The zero-order valence-electron chi connectivity index (χ0n) is 11.1. The first kappa shape index (κ1) is 11.5. The lowest BCUT2D eigenvalue weighted by Crippen LogP contribution is -2.14. The summed E-state index contributed by atoms with van der Waals surface area (Å²) in [5.41, 5.74) is 6.16. The molecule has 0 atom stereocenters. The van der Waals surface area contributed by atoms with E-state index in [4.69, 9.17) is 0 Å². The van der Waals surface area contributed by atoms with Crippen LogP contribution in [0.4, 0.5) is 11.4 Å². The van der Waals surface area contributed by atoms with E-state index >= 15 is 0 Å². The van der Waals surface area contributed by atoms with E-state index in [0.29, 0.717) is 0 Å². The molecule has 0 saturated carbocycles. The lowest BCUT2D eigenvalue weighted by molar-refractivity contribution is 0.983. The molecule has 21 heavy (non-hydrogen) atoms. The van der Waals surface area contributed by atoms with Gasteiger partial charge >= 0.3 is 0 Å². The Labute approximate surface area is 130 Å². The van der Waals surface area contributed by atoms with Gasteiger partial charge in [0.2, 0.25) is 0 Å². The van der Waals surface area contributed by atoms with Crippen molar-refractivity contribution in [3.63, 3.8) is 0 Å². The summed E-state index contributed by atoms with van der Waals surface area (Å²) in [6.45, 7) is 1.01. The number of rotatable bonds is 0. The van der Waals surface area contributed by atoms with Crippen molar-refractivity contribution in [1.82, 2.24) is 14.8 Å². The molecule has 0 aliphatic carbocycles. The van der Waals surface area contributed by atoms with E-state index < -0.39 is 0 Å². The van der Waals surface area contributed by atoms with E-state index in [9.17, 15) is 0 Å². The molecule has 3 heterocycles. The van der Waals surface area contributed by atoms with Gasteiger partial charge in [0.25, 0.3) is 0 Å². The smallest absolute Gasteiger partial charge is 0.170 e. The molecule has 5 heteroatoms. The monoisotopic (exact) mass is 338 g/mol. The van der Waals surface area contributed by atoms with Crippen LogP contribution >= 0.6 is 15.9 Å². The van der Waals surface area contributed by atoms with Gasteiger partial charge in [-0.2, -0.15) is 0 Å². The topological polar surface area (TPSA) is 34.0 Å². The van der Waals surface area contributed by atoms with Gasteiger partial charge in [-0.15, -0.1) is 10.2 Å². The predicted molar refractivity (Wildman–Crippen MR) is 85.2 cm³/mol. The highest BCUT2D eigenvalue weighted by molar-refractivity contribution is 9.10. The molecule has 4 nitrogen and oxygen atoms in total. The molecular weight excluding hydrogens is 328 g/mol. The minimum absolute atomic E-state index is 0.913. The average molecular weight is 339 g/mol. The fraction of sp³-hybridized carbons (Fsp3) is 0.125. The first-order valence-corrected chi connectivity index (χ1v) is 7.72. The molecule has 0 radical (unpaired) electrons. The molecule has 0 fully saturated rings. The third kappa shape index (κ3) is 1.44. The van der Waals surface area contributed by atoms with Gasteiger partial charge in [0.05, 0.1) is 17.1 Å². The number of hydrogen-bond donors (Lipinski definition) is 0. The summed E-state index contributed by atoms with van der Waals surface area (Å²) in [7, 11) is 0. The maximum Gasteiger partial charge on any atom is 0.170 e. The molecule has 0 amide bonds. The van der Waals surface area contributed by atoms with Crippen LogP contribution in [0.1, 0.15) is 5.56 Å². The Morgan fingerprint density at radius 1 is 1.10 bits per heavy atom. The Hall–Kier alpha value is -2.14. The molecule has 0 unspecified atom stereocenters. The SMILES string of the molecule is Brc1ccc2c(c1)-n1cnnc1-c1cccc3c1N2CC3. The average Bonchev–Trinajstić information content (AvgIpc) is 3.11. The van der Waals surface area contributed by atoms with Gasteiger partial charge < -0.3 is 4.90 Å². The molecule has 0 saturated heterocycles. The molecule has 3 aromatic rings. The minimum Gasteiger partial charge on any atom is -0.339 e. The quantitative estimate of drug-likeness (QED) is 0.626. The van der Waals surface area contributed by atoms with E-state index in [0.717, 1.165) is 34.5 Å². The van der Waals surface area contributed by atoms with Gasteiger partial charge in [0.15, 0.2) is 5.82 Å². The third-order valence-electron chi connectivity index (χ3n) is 4.27. The number of anilines is 2. The van der Waals surface area contributed by atoms with Crippen molar-refractivity contribution in [3.05, 3.63) is 52.8 Å². The maximum absolute atomic E-state index is 4.36. The Bertz CT molecular complexity index is 873. The molecule has 2 aliphatic heterocycles. The zero-order valence-corrected chi connectivity index (χ0v) is 12.7. The van der Waals surface area contributed by atoms with Gasteiger partial charge in [-0.25, -0.2) is 0 Å². The van der Waals surface area contributed by atoms with Crippen LogP contribution < -0.4 is 4.90 Å². The van der Waals surface area contributed by atoms with Crippen LogP contribution in [0, 0.1) is 0 Å². The normalized spacial score (nSPS) is 14.4. The van der Waals surface area contributed by atoms with E-state index in [1.54, 1.807) is 6.33 Å². The molecule has 2 aliphatic rings. The van der Waals surface area contributed by atoms with Crippen LogP contribution in [0.5, 0.6) is 0 Å². The first-order chi connectivity index (χ1) is 10.3. The maximum atomic E-state index is 4.36. The lowest BCUT2D eigenvalue weighted by atomic mass is 10.1. The number of nitrogens with zero attached hydrogens (tertiary/aromatic N) is 4. The lowest BCUT2D eigenvalue weighted by Gasteiger charge is -2.21. The van der Waals surface area contributed by atoms with E-state index in [2.05, 4.69) is 72.0 Å². The van der Waals surface area contributed by atoms with Gasteiger partial charge in [-0.05, 0) is 36.2 Å². The van der Waals surface area contributed by atoms with Crippen molar-refractivity contribution in [2.75, 3.05) is 11.4 Å². The van der Waals surface area contributed by atoms with E-state index in [1.165, 1.54) is 16.9 Å². The predicted octanol–water partition coefficient (Wildman–Crippen LogP) is 3.70. The van der Waals surface area contributed by atoms with E-state index in [1.807, 2.05) is 0 Å². The zero-order chi connectivity index (χ0) is 14.0. The molecule has 0 spiro atoms. The molecule has 0 N–H and O–H groups in total. The molecule has 1 aromatic heterocycles. The van der Waals surface area contributed by atoms with Gasteiger partial charge in [0.1, 0.15) is 6.33 Å². The molecule has 0 bridgehead atoms. The molecule has 2 aromatic carbocycles.